The lowest BCUT2D eigenvalue weighted by molar-refractivity contribution is -0.182. The Morgan fingerprint density at radius 1 is 1.06 bits per heavy atom. The van der Waals surface area contributed by atoms with Gasteiger partial charge in [-0.1, -0.05) is 0 Å². The van der Waals surface area contributed by atoms with Gasteiger partial charge in [-0.2, -0.15) is 13.2 Å². The minimum atomic E-state index is -3.99. The summed E-state index contributed by atoms with van der Waals surface area (Å²) in [5.74, 6) is -1.06. The van der Waals surface area contributed by atoms with E-state index in [9.17, 15) is 13.2 Å². The molecule has 2 rings (SSSR count). The normalized spacial score (nSPS) is 35.1. The molecule has 1 saturated heterocycles. The molecule has 2 nitrogen and oxygen atoms in total. The maximum atomic E-state index is 12.5. The lowest BCUT2D eigenvalue weighted by Crippen LogP contribution is -2.42. The van der Waals surface area contributed by atoms with Gasteiger partial charge >= 0.3 is 6.18 Å². The standard InChI is InChI=1S/C12H21F3N2/c13-12(14,15)9-3-5-10(6-4-9)17-8-11-2-1-7-16-11/h9-11,16-17H,1-8H2. The van der Waals surface area contributed by atoms with E-state index >= 15 is 0 Å². The second-order valence-corrected chi connectivity index (χ2v) is 5.29. The van der Waals surface area contributed by atoms with E-state index in [1.165, 1.54) is 12.8 Å². The first-order valence-corrected chi connectivity index (χ1v) is 6.59. The zero-order valence-electron chi connectivity index (χ0n) is 10.0. The third-order valence-corrected chi connectivity index (χ3v) is 4.01. The van der Waals surface area contributed by atoms with Gasteiger partial charge in [0.2, 0.25) is 0 Å². The summed E-state index contributed by atoms with van der Waals surface area (Å²) in [4.78, 5) is 0. The van der Waals surface area contributed by atoms with Crippen molar-refractivity contribution in [3.05, 3.63) is 0 Å². The topological polar surface area (TPSA) is 24.1 Å². The molecule has 1 unspecified atom stereocenters. The van der Waals surface area contributed by atoms with Gasteiger partial charge in [-0.25, -0.2) is 0 Å². The number of halogens is 3. The smallest absolute Gasteiger partial charge is 0.313 e. The summed E-state index contributed by atoms with van der Waals surface area (Å²) in [6, 6.07) is 0.811. The van der Waals surface area contributed by atoms with E-state index in [2.05, 4.69) is 10.6 Å². The fourth-order valence-electron chi connectivity index (χ4n) is 2.86. The van der Waals surface area contributed by atoms with E-state index in [0.29, 0.717) is 31.7 Å². The highest BCUT2D eigenvalue weighted by atomic mass is 19.4. The van der Waals surface area contributed by atoms with Crippen LogP contribution in [0.15, 0.2) is 0 Å². The highest BCUT2D eigenvalue weighted by Gasteiger charge is 2.41. The van der Waals surface area contributed by atoms with Crippen LogP contribution < -0.4 is 10.6 Å². The minimum absolute atomic E-state index is 0.288. The molecule has 2 fully saturated rings. The molecule has 2 N–H and O–H groups in total. The quantitative estimate of drug-likeness (QED) is 0.804. The van der Waals surface area contributed by atoms with Crippen molar-refractivity contribution >= 4 is 0 Å². The van der Waals surface area contributed by atoms with Crippen molar-refractivity contribution in [1.82, 2.24) is 10.6 Å². The molecule has 1 aliphatic heterocycles. The van der Waals surface area contributed by atoms with Crippen molar-refractivity contribution in [3.63, 3.8) is 0 Å². The van der Waals surface area contributed by atoms with Crippen molar-refractivity contribution in [1.29, 1.82) is 0 Å². The van der Waals surface area contributed by atoms with Crippen LogP contribution in [0.5, 0.6) is 0 Å². The van der Waals surface area contributed by atoms with Crippen LogP contribution in [0.4, 0.5) is 13.2 Å². The molecule has 1 atom stereocenters. The average molecular weight is 250 g/mol. The third-order valence-electron chi connectivity index (χ3n) is 4.01. The Morgan fingerprint density at radius 3 is 2.29 bits per heavy atom. The predicted molar refractivity (Wildman–Crippen MR) is 60.8 cm³/mol. The average Bonchev–Trinajstić information content (AvgIpc) is 2.78. The van der Waals surface area contributed by atoms with Crippen LogP contribution in [-0.4, -0.2) is 31.3 Å². The Balaban J connectivity index is 1.65. The van der Waals surface area contributed by atoms with Gasteiger partial charge in [0.25, 0.3) is 0 Å². The molecule has 17 heavy (non-hydrogen) atoms. The monoisotopic (exact) mass is 250 g/mol. The lowest BCUT2D eigenvalue weighted by atomic mass is 9.85. The summed E-state index contributed by atoms with van der Waals surface area (Å²) in [5.41, 5.74) is 0. The van der Waals surface area contributed by atoms with Crippen LogP contribution in [0, 0.1) is 5.92 Å². The van der Waals surface area contributed by atoms with Crippen LogP contribution in [0.1, 0.15) is 38.5 Å². The predicted octanol–water partition coefficient (Wildman–Crippen LogP) is 2.45. The molecule has 0 bridgehead atoms. The van der Waals surface area contributed by atoms with Gasteiger partial charge in [0, 0.05) is 18.6 Å². The Morgan fingerprint density at radius 2 is 1.76 bits per heavy atom. The molecule has 1 aliphatic carbocycles. The second kappa shape index (κ2) is 5.57. The van der Waals surface area contributed by atoms with E-state index in [1.54, 1.807) is 0 Å². The molecule has 0 amide bonds. The highest BCUT2D eigenvalue weighted by molar-refractivity contribution is 4.83. The van der Waals surface area contributed by atoms with Gasteiger partial charge in [-0.15, -0.1) is 0 Å². The lowest BCUT2D eigenvalue weighted by Gasteiger charge is -2.31. The summed E-state index contributed by atoms with van der Waals surface area (Å²) in [7, 11) is 0. The molecule has 0 aromatic carbocycles. The molecular weight excluding hydrogens is 229 g/mol. The van der Waals surface area contributed by atoms with E-state index < -0.39 is 12.1 Å². The first-order chi connectivity index (χ1) is 8.05. The molecule has 0 aromatic rings. The van der Waals surface area contributed by atoms with Crippen LogP contribution in [0.25, 0.3) is 0 Å². The fraction of sp³-hybridized carbons (Fsp3) is 1.00. The summed E-state index contributed by atoms with van der Waals surface area (Å²) in [5, 5.41) is 6.79. The Bertz CT molecular complexity index is 228. The highest BCUT2D eigenvalue weighted by Crippen LogP contribution is 2.37. The summed E-state index contributed by atoms with van der Waals surface area (Å²) in [6.45, 7) is 1.98. The molecular formula is C12H21F3N2. The van der Waals surface area contributed by atoms with Gasteiger partial charge in [0.15, 0.2) is 0 Å². The summed E-state index contributed by atoms with van der Waals surface area (Å²) in [6.07, 6.45) is 0.322. The molecule has 2 aliphatic rings. The number of hydrogen-bond donors (Lipinski definition) is 2. The number of nitrogens with one attached hydrogen (secondary N) is 2. The summed E-state index contributed by atoms with van der Waals surface area (Å²) < 4.78 is 37.4. The SMILES string of the molecule is FC(F)(F)C1CCC(NCC2CCCN2)CC1. The van der Waals surface area contributed by atoms with E-state index in [-0.39, 0.29) is 6.04 Å². The van der Waals surface area contributed by atoms with Gasteiger partial charge in [-0.3, -0.25) is 0 Å². The second-order valence-electron chi connectivity index (χ2n) is 5.29. The van der Waals surface area contributed by atoms with Crippen LogP contribution in [-0.2, 0) is 0 Å². The maximum Gasteiger partial charge on any atom is 0.391 e. The Labute approximate surface area is 100 Å². The van der Waals surface area contributed by atoms with Gasteiger partial charge in [0.1, 0.15) is 0 Å². The number of rotatable bonds is 3. The van der Waals surface area contributed by atoms with Crippen LogP contribution in [0.2, 0.25) is 0 Å². The van der Waals surface area contributed by atoms with E-state index in [1.807, 2.05) is 0 Å². The van der Waals surface area contributed by atoms with Gasteiger partial charge in [-0.05, 0) is 45.1 Å². The number of hydrogen-bond acceptors (Lipinski definition) is 2. The summed E-state index contributed by atoms with van der Waals surface area (Å²) >= 11 is 0. The first kappa shape index (κ1) is 13.1. The molecule has 5 heteroatoms. The maximum absolute atomic E-state index is 12.5. The fourth-order valence-corrected chi connectivity index (χ4v) is 2.86. The molecule has 0 spiro atoms. The van der Waals surface area contributed by atoms with Gasteiger partial charge in [0.05, 0.1) is 5.92 Å². The molecule has 0 radical (unpaired) electrons. The number of alkyl halides is 3. The Kier molecular flexibility index (Phi) is 4.31. The van der Waals surface area contributed by atoms with Crippen molar-refractivity contribution in [3.8, 4) is 0 Å². The van der Waals surface area contributed by atoms with Crippen molar-refractivity contribution in [2.75, 3.05) is 13.1 Å². The largest absolute Gasteiger partial charge is 0.391 e. The van der Waals surface area contributed by atoms with Crippen molar-refractivity contribution < 1.29 is 13.2 Å². The molecule has 1 heterocycles. The zero-order chi connectivity index (χ0) is 12.3. The first-order valence-electron chi connectivity index (χ1n) is 6.59. The van der Waals surface area contributed by atoms with Crippen LogP contribution in [0.3, 0.4) is 0 Å². The van der Waals surface area contributed by atoms with E-state index in [0.717, 1.165) is 13.1 Å². The Hall–Kier alpha value is -0.290. The molecule has 0 aromatic heterocycles. The van der Waals surface area contributed by atoms with Crippen LogP contribution >= 0.6 is 0 Å². The molecule has 100 valence electrons. The van der Waals surface area contributed by atoms with Crippen molar-refractivity contribution in [2.45, 2.75) is 56.8 Å². The zero-order valence-corrected chi connectivity index (χ0v) is 10.0. The van der Waals surface area contributed by atoms with Gasteiger partial charge < -0.3 is 10.6 Å². The third kappa shape index (κ3) is 3.85. The van der Waals surface area contributed by atoms with E-state index in [4.69, 9.17) is 0 Å². The van der Waals surface area contributed by atoms with Crippen molar-refractivity contribution in [2.24, 2.45) is 5.92 Å². The minimum Gasteiger partial charge on any atom is -0.313 e. The molecule has 1 saturated carbocycles.